The van der Waals surface area contributed by atoms with E-state index in [9.17, 15) is 13.4 Å². The molecule has 1 heterocycles. The van der Waals surface area contributed by atoms with E-state index in [2.05, 4.69) is 10.0 Å². The Morgan fingerprint density at radius 2 is 1.81 bits per heavy atom. The Morgan fingerprint density at radius 3 is 2.52 bits per heavy atom. The molecule has 0 radical (unpaired) electrons. The number of nitrogens with zero attached hydrogens (tertiary/aromatic N) is 1. The SMILES string of the molecule is CC(NC(=O)C1CCC(NS(=O)c2ccc3c(ccn3C)c2)CC1)c1ccc(F)cc1. The van der Waals surface area contributed by atoms with Crippen molar-refractivity contribution in [3.8, 4) is 0 Å². The Labute approximate surface area is 184 Å². The van der Waals surface area contributed by atoms with E-state index < -0.39 is 11.0 Å². The molecule has 4 rings (SSSR count). The highest BCUT2D eigenvalue weighted by atomic mass is 32.2. The number of carbonyl (C=O) groups is 1. The molecule has 1 aliphatic carbocycles. The van der Waals surface area contributed by atoms with E-state index in [1.54, 1.807) is 12.1 Å². The molecule has 1 aliphatic rings. The maximum Gasteiger partial charge on any atom is 0.223 e. The van der Waals surface area contributed by atoms with Gasteiger partial charge in [-0.25, -0.2) is 13.3 Å². The topological polar surface area (TPSA) is 63.1 Å². The molecule has 1 aromatic heterocycles. The van der Waals surface area contributed by atoms with Crippen molar-refractivity contribution >= 4 is 27.8 Å². The van der Waals surface area contributed by atoms with E-state index in [0.29, 0.717) is 0 Å². The van der Waals surface area contributed by atoms with Crippen LogP contribution in [0.3, 0.4) is 0 Å². The fourth-order valence-electron chi connectivity index (χ4n) is 4.23. The van der Waals surface area contributed by atoms with Gasteiger partial charge in [-0.05, 0) is 74.6 Å². The summed E-state index contributed by atoms with van der Waals surface area (Å²) in [5.41, 5.74) is 2.00. The number of hydrogen-bond donors (Lipinski definition) is 2. The summed E-state index contributed by atoms with van der Waals surface area (Å²) in [5, 5.41) is 4.12. The lowest BCUT2D eigenvalue weighted by atomic mass is 9.85. The van der Waals surface area contributed by atoms with Crippen LogP contribution in [-0.2, 0) is 22.8 Å². The van der Waals surface area contributed by atoms with Crippen LogP contribution < -0.4 is 10.0 Å². The Balaban J connectivity index is 1.28. The summed E-state index contributed by atoms with van der Waals surface area (Å²) in [6, 6.07) is 14.1. The Morgan fingerprint density at radius 1 is 1.10 bits per heavy atom. The first-order valence-corrected chi connectivity index (χ1v) is 11.8. The van der Waals surface area contributed by atoms with Gasteiger partial charge in [-0.2, -0.15) is 0 Å². The molecule has 5 nitrogen and oxygen atoms in total. The smallest absolute Gasteiger partial charge is 0.223 e. The fraction of sp³-hybridized carbons (Fsp3) is 0.375. The Hall–Kier alpha value is -2.51. The molecule has 1 amide bonds. The van der Waals surface area contributed by atoms with Crippen molar-refractivity contribution < 1.29 is 13.4 Å². The van der Waals surface area contributed by atoms with Gasteiger partial charge in [-0.15, -0.1) is 0 Å². The monoisotopic (exact) mass is 441 g/mol. The van der Waals surface area contributed by atoms with Crippen molar-refractivity contribution in [3.05, 3.63) is 66.1 Å². The number of fused-ring (bicyclic) bond motifs is 1. The van der Waals surface area contributed by atoms with Gasteiger partial charge in [-0.1, -0.05) is 12.1 Å². The van der Waals surface area contributed by atoms with Crippen molar-refractivity contribution in [1.82, 2.24) is 14.6 Å². The van der Waals surface area contributed by atoms with E-state index in [4.69, 9.17) is 0 Å². The van der Waals surface area contributed by atoms with Gasteiger partial charge in [0.15, 0.2) is 0 Å². The molecule has 31 heavy (non-hydrogen) atoms. The third-order valence-electron chi connectivity index (χ3n) is 6.17. The van der Waals surface area contributed by atoms with Gasteiger partial charge in [0.25, 0.3) is 0 Å². The lowest BCUT2D eigenvalue weighted by molar-refractivity contribution is -0.126. The first kappa shape index (κ1) is 21.7. The van der Waals surface area contributed by atoms with Gasteiger partial charge in [0.1, 0.15) is 16.8 Å². The van der Waals surface area contributed by atoms with Gasteiger partial charge in [0.05, 0.1) is 10.9 Å². The van der Waals surface area contributed by atoms with Crippen LogP contribution in [0.15, 0.2) is 59.6 Å². The van der Waals surface area contributed by atoms with Crippen molar-refractivity contribution in [2.75, 3.05) is 0 Å². The number of hydrogen-bond acceptors (Lipinski definition) is 2. The highest BCUT2D eigenvalue weighted by Crippen LogP contribution is 2.27. The summed E-state index contributed by atoms with van der Waals surface area (Å²) in [6.45, 7) is 1.91. The highest BCUT2D eigenvalue weighted by Gasteiger charge is 2.28. The van der Waals surface area contributed by atoms with Crippen molar-refractivity contribution in [2.45, 2.75) is 49.6 Å². The molecule has 3 aromatic rings. The summed E-state index contributed by atoms with van der Waals surface area (Å²) < 4.78 is 31.2. The molecular weight excluding hydrogens is 413 g/mol. The Bertz CT molecular complexity index is 1090. The molecule has 0 spiro atoms. The van der Waals surface area contributed by atoms with Gasteiger partial charge in [0, 0.05) is 36.1 Å². The third-order valence-corrected chi connectivity index (χ3v) is 7.40. The van der Waals surface area contributed by atoms with Crippen LogP contribution in [0.4, 0.5) is 4.39 Å². The number of amides is 1. The molecule has 1 saturated carbocycles. The molecule has 0 saturated heterocycles. The quantitative estimate of drug-likeness (QED) is 0.597. The van der Waals surface area contributed by atoms with Crippen molar-refractivity contribution in [2.24, 2.45) is 13.0 Å². The average molecular weight is 442 g/mol. The summed E-state index contributed by atoms with van der Waals surface area (Å²) in [4.78, 5) is 13.4. The second-order valence-corrected chi connectivity index (χ2v) is 9.61. The molecule has 1 fully saturated rings. The van der Waals surface area contributed by atoms with Crippen LogP contribution in [0.5, 0.6) is 0 Å². The molecule has 0 bridgehead atoms. The van der Waals surface area contributed by atoms with Gasteiger partial charge >= 0.3 is 0 Å². The number of aromatic nitrogens is 1. The second-order valence-electron chi connectivity index (χ2n) is 8.36. The lowest BCUT2D eigenvalue weighted by Gasteiger charge is -2.29. The zero-order valence-electron chi connectivity index (χ0n) is 17.8. The molecule has 164 valence electrons. The molecular formula is C24H28FN3O2S. The standard InChI is InChI=1S/C24H28FN3O2S/c1-16(17-3-7-20(25)8-4-17)26-24(29)18-5-9-21(10-6-18)27-31(30)22-11-12-23-19(15-22)13-14-28(23)2/h3-4,7-8,11-16,18,21,27H,5-6,9-10H2,1-2H3,(H,26,29). The molecule has 2 atom stereocenters. The molecule has 7 heteroatoms. The van der Waals surface area contributed by atoms with Gasteiger partial charge in [0.2, 0.25) is 5.91 Å². The van der Waals surface area contributed by atoms with E-state index >= 15 is 0 Å². The number of halogens is 1. The lowest BCUT2D eigenvalue weighted by Crippen LogP contribution is -2.39. The van der Waals surface area contributed by atoms with E-state index in [1.807, 2.05) is 49.0 Å². The summed E-state index contributed by atoms with van der Waals surface area (Å²) in [6.07, 6.45) is 5.13. The maximum atomic E-state index is 13.1. The third kappa shape index (κ3) is 5.05. The summed E-state index contributed by atoms with van der Waals surface area (Å²) in [5.74, 6) is -0.296. The first-order chi connectivity index (χ1) is 14.9. The summed E-state index contributed by atoms with van der Waals surface area (Å²) >= 11 is 0. The van der Waals surface area contributed by atoms with Crippen molar-refractivity contribution in [3.63, 3.8) is 0 Å². The van der Waals surface area contributed by atoms with Crippen LogP contribution in [0.25, 0.3) is 10.9 Å². The van der Waals surface area contributed by atoms with Crippen LogP contribution >= 0.6 is 0 Å². The molecule has 0 aliphatic heterocycles. The number of nitrogens with one attached hydrogen (secondary N) is 2. The Kier molecular flexibility index (Phi) is 6.53. The summed E-state index contributed by atoms with van der Waals surface area (Å²) in [7, 11) is 0.716. The average Bonchev–Trinajstić information content (AvgIpc) is 3.14. The normalized spacial score (nSPS) is 21.0. The minimum atomic E-state index is -1.28. The highest BCUT2D eigenvalue weighted by molar-refractivity contribution is 7.83. The zero-order chi connectivity index (χ0) is 22.0. The number of benzene rings is 2. The van der Waals surface area contributed by atoms with Crippen LogP contribution in [0, 0.1) is 11.7 Å². The van der Waals surface area contributed by atoms with Gasteiger partial charge < -0.3 is 9.88 Å². The molecule has 2 unspecified atom stereocenters. The predicted molar refractivity (Wildman–Crippen MR) is 121 cm³/mol. The fourth-order valence-corrected chi connectivity index (χ4v) is 5.33. The van der Waals surface area contributed by atoms with Crippen LogP contribution in [0.2, 0.25) is 0 Å². The number of carbonyl (C=O) groups excluding carboxylic acids is 1. The van der Waals surface area contributed by atoms with Crippen LogP contribution in [0.1, 0.15) is 44.2 Å². The van der Waals surface area contributed by atoms with Crippen molar-refractivity contribution in [1.29, 1.82) is 0 Å². The van der Waals surface area contributed by atoms with E-state index in [-0.39, 0.29) is 29.7 Å². The predicted octanol–water partition coefficient (Wildman–Crippen LogP) is 4.37. The molecule has 2 N–H and O–H groups in total. The minimum Gasteiger partial charge on any atom is -0.351 e. The second kappa shape index (κ2) is 9.32. The zero-order valence-corrected chi connectivity index (χ0v) is 18.6. The number of rotatable bonds is 6. The van der Waals surface area contributed by atoms with Crippen LogP contribution in [-0.4, -0.2) is 20.7 Å². The maximum absolute atomic E-state index is 13.1. The first-order valence-electron chi connectivity index (χ1n) is 10.7. The van der Waals surface area contributed by atoms with Gasteiger partial charge in [-0.3, -0.25) is 4.79 Å². The van der Waals surface area contributed by atoms with E-state index in [0.717, 1.165) is 47.0 Å². The molecule has 2 aromatic carbocycles. The minimum absolute atomic E-state index is 0.0333. The largest absolute Gasteiger partial charge is 0.351 e. The number of aryl methyl sites for hydroxylation is 1. The van der Waals surface area contributed by atoms with E-state index in [1.165, 1.54) is 12.1 Å².